The lowest BCUT2D eigenvalue weighted by Gasteiger charge is -2.16. The van der Waals surface area contributed by atoms with Crippen molar-refractivity contribution in [2.24, 2.45) is 0 Å². The Kier molecular flexibility index (Phi) is 5.36. The van der Waals surface area contributed by atoms with Gasteiger partial charge in [0, 0.05) is 19.8 Å². The molecule has 0 saturated heterocycles. The Labute approximate surface area is 149 Å². The first-order valence-corrected chi connectivity index (χ1v) is 9.14. The number of benzene rings is 2. The van der Waals surface area contributed by atoms with Crippen LogP contribution in [0.4, 0.5) is 11.4 Å². The topological polar surface area (TPSA) is 82.4 Å². The van der Waals surface area contributed by atoms with E-state index in [9.17, 15) is 13.7 Å². The fourth-order valence-corrected chi connectivity index (χ4v) is 3.80. The molecule has 6 nitrogen and oxygen atoms in total. The van der Waals surface area contributed by atoms with Gasteiger partial charge in [-0.3, -0.25) is 4.72 Å². The van der Waals surface area contributed by atoms with Crippen LogP contribution in [0.1, 0.15) is 5.56 Å². The molecule has 0 amide bonds. The van der Waals surface area contributed by atoms with Crippen LogP contribution in [0.15, 0.2) is 45.8 Å². The molecule has 0 spiro atoms. The molecule has 0 heterocycles. The van der Waals surface area contributed by atoms with Crippen LogP contribution in [-0.2, 0) is 10.0 Å². The molecule has 2 rings (SSSR count). The normalized spacial score (nSPS) is 10.8. The Balaban J connectivity index is 2.44. The molecule has 0 aliphatic rings. The summed E-state index contributed by atoms with van der Waals surface area (Å²) in [6.07, 6.45) is 0. The molecule has 2 aromatic carbocycles. The van der Waals surface area contributed by atoms with Crippen LogP contribution >= 0.6 is 15.9 Å². The van der Waals surface area contributed by atoms with E-state index in [1.54, 1.807) is 24.3 Å². The first-order valence-electron chi connectivity index (χ1n) is 6.86. The minimum Gasteiger partial charge on any atom is -0.496 e. The van der Waals surface area contributed by atoms with Crippen molar-refractivity contribution in [2.45, 2.75) is 4.90 Å². The van der Waals surface area contributed by atoms with E-state index in [2.05, 4.69) is 20.7 Å². The summed E-state index contributed by atoms with van der Waals surface area (Å²) in [5.41, 5.74) is 1.26. The van der Waals surface area contributed by atoms with Gasteiger partial charge in [-0.05, 0) is 52.3 Å². The van der Waals surface area contributed by atoms with E-state index in [0.29, 0.717) is 10.2 Å². The van der Waals surface area contributed by atoms with Crippen molar-refractivity contribution < 1.29 is 13.2 Å². The number of sulfonamides is 1. The van der Waals surface area contributed by atoms with Crippen LogP contribution in [0.5, 0.6) is 5.75 Å². The number of hydrogen-bond acceptors (Lipinski definition) is 5. The minimum absolute atomic E-state index is 0.0642. The number of anilines is 2. The van der Waals surface area contributed by atoms with Crippen LogP contribution in [0.25, 0.3) is 0 Å². The summed E-state index contributed by atoms with van der Waals surface area (Å²) >= 11 is 3.27. The predicted octanol–water partition coefficient (Wildman–Crippen LogP) is 3.20. The van der Waals surface area contributed by atoms with Crippen molar-refractivity contribution in [1.82, 2.24) is 0 Å². The summed E-state index contributed by atoms with van der Waals surface area (Å²) in [6.45, 7) is 0. The van der Waals surface area contributed by atoms with Gasteiger partial charge in [-0.25, -0.2) is 8.42 Å². The number of nitrogens with one attached hydrogen (secondary N) is 1. The molecule has 0 aliphatic carbocycles. The Bertz CT molecular complexity index is 905. The SMILES string of the molecule is COc1ccc(S(=O)(=O)Nc2cc(N(C)C)ccc2C#N)cc1Br. The number of nitriles is 1. The molecule has 0 unspecified atom stereocenters. The van der Waals surface area contributed by atoms with Crippen molar-refractivity contribution in [2.75, 3.05) is 30.8 Å². The van der Waals surface area contributed by atoms with Crippen molar-refractivity contribution in [3.05, 3.63) is 46.4 Å². The Morgan fingerprint density at radius 2 is 1.92 bits per heavy atom. The van der Waals surface area contributed by atoms with Crippen LogP contribution in [0.2, 0.25) is 0 Å². The molecule has 126 valence electrons. The summed E-state index contributed by atoms with van der Waals surface area (Å²) in [4.78, 5) is 1.89. The molecule has 0 aromatic heterocycles. The molecule has 0 saturated carbocycles. The van der Waals surface area contributed by atoms with E-state index in [1.165, 1.54) is 19.2 Å². The highest BCUT2D eigenvalue weighted by Gasteiger charge is 2.18. The molecule has 1 N–H and O–H groups in total. The average molecular weight is 410 g/mol. The second-order valence-electron chi connectivity index (χ2n) is 5.14. The lowest BCUT2D eigenvalue weighted by Crippen LogP contribution is -2.15. The molecular weight excluding hydrogens is 394 g/mol. The Morgan fingerprint density at radius 3 is 2.46 bits per heavy atom. The molecule has 0 bridgehead atoms. The largest absolute Gasteiger partial charge is 0.496 e. The lowest BCUT2D eigenvalue weighted by atomic mass is 10.2. The minimum atomic E-state index is -3.84. The summed E-state index contributed by atoms with van der Waals surface area (Å²) in [7, 11) is 1.32. The summed E-state index contributed by atoms with van der Waals surface area (Å²) in [5.74, 6) is 0.529. The molecule has 8 heteroatoms. The second-order valence-corrected chi connectivity index (χ2v) is 7.67. The smallest absolute Gasteiger partial charge is 0.261 e. The molecular formula is C16H16BrN3O3S. The third kappa shape index (κ3) is 3.80. The van der Waals surface area contributed by atoms with E-state index < -0.39 is 10.0 Å². The summed E-state index contributed by atoms with van der Waals surface area (Å²) < 4.78 is 33.3. The molecule has 0 radical (unpaired) electrons. The highest BCUT2D eigenvalue weighted by Crippen LogP contribution is 2.29. The van der Waals surface area contributed by atoms with Crippen molar-refractivity contribution >= 4 is 37.3 Å². The van der Waals surface area contributed by atoms with Gasteiger partial charge in [0.25, 0.3) is 10.0 Å². The number of nitrogens with zero attached hydrogens (tertiary/aromatic N) is 2. The third-order valence-electron chi connectivity index (χ3n) is 3.32. The van der Waals surface area contributed by atoms with Crippen LogP contribution in [0.3, 0.4) is 0 Å². The third-order valence-corrected chi connectivity index (χ3v) is 5.30. The quantitative estimate of drug-likeness (QED) is 0.819. The van der Waals surface area contributed by atoms with Crippen LogP contribution in [-0.4, -0.2) is 29.6 Å². The van der Waals surface area contributed by atoms with Gasteiger partial charge in [-0.1, -0.05) is 0 Å². The van der Waals surface area contributed by atoms with E-state index in [0.717, 1.165) is 5.69 Å². The standard InChI is InChI=1S/C16H16BrN3O3S/c1-20(2)12-5-4-11(10-18)15(8-12)19-24(21,22)13-6-7-16(23-3)14(17)9-13/h4-9,19H,1-3H3. The first-order chi connectivity index (χ1) is 11.3. The van der Waals surface area contributed by atoms with E-state index in [-0.39, 0.29) is 16.1 Å². The maximum Gasteiger partial charge on any atom is 0.261 e. The van der Waals surface area contributed by atoms with E-state index in [4.69, 9.17) is 4.74 Å². The summed E-state index contributed by atoms with van der Waals surface area (Å²) in [5, 5.41) is 9.21. The molecule has 24 heavy (non-hydrogen) atoms. The molecule has 2 aromatic rings. The zero-order chi connectivity index (χ0) is 17.9. The summed E-state index contributed by atoms with van der Waals surface area (Å²) in [6, 6.07) is 11.4. The van der Waals surface area contributed by atoms with Gasteiger partial charge in [0.05, 0.1) is 27.7 Å². The molecule has 0 fully saturated rings. The maximum atomic E-state index is 12.6. The van der Waals surface area contributed by atoms with Crippen molar-refractivity contribution in [3.63, 3.8) is 0 Å². The number of rotatable bonds is 5. The van der Waals surface area contributed by atoms with Gasteiger partial charge < -0.3 is 9.64 Å². The Morgan fingerprint density at radius 1 is 1.21 bits per heavy atom. The molecule has 0 aliphatic heterocycles. The Hall–Kier alpha value is -2.24. The van der Waals surface area contributed by atoms with Crippen LogP contribution in [0, 0.1) is 11.3 Å². The lowest BCUT2D eigenvalue weighted by molar-refractivity contribution is 0.411. The van der Waals surface area contributed by atoms with Gasteiger partial charge >= 0.3 is 0 Å². The zero-order valence-corrected chi connectivity index (χ0v) is 15.8. The highest BCUT2D eigenvalue weighted by atomic mass is 79.9. The maximum absolute atomic E-state index is 12.6. The van der Waals surface area contributed by atoms with E-state index in [1.807, 2.05) is 25.1 Å². The molecule has 0 atom stereocenters. The fraction of sp³-hybridized carbons (Fsp3) is 0.188. The van der Waals surface area contributed by atoms with Gasteiger partial charge in [0.15, 0.2) is 0 Å². The second kappa shape index (κ2) is 7.11. The van der Waals surface area contributed by atoms with Crippen molar-refractivity contribution in [1.29, 1.82) is 5.26 Å². The number of ether oxygens (including phenoxy) is 1. The van der Waals surface area contributed by atoms with Gasteiger partial charge in [-0.2, -0.15) is 5.26 Å². The zero-order valence-electron chi connectivity index (χ0n) is 13.4. The predicted molar refractivity (Wildman–Crippen MR) is 97.0 cm³/mol. The van der Waals surface area contributed by atoms with Gasteiger partial charge in [0.1, 0.15) is 11.8 Å². The monoisotopic (exact) mass is 409 g/mol. The number of halogens is 1. The fourth-order valence-electron chi connectivity index (χ4n) is 2.01. The first kappa shape index (κ1) is 18.1. The highest BCUT2D eigenvalue weighted by molar-refractivity contribution is 9.10. The average Bonchev–Trinajstić information content (AvgIpc) is 2.54. The number of hydrogen-bond donors (Lipinski definition) is 1. The number of methoxy groups -OCH3 is 1. The van der Waals surface area contributed by atoms with Gasteiger partial charge in [0.2, 0.25) is 0 Å². The van der Waals surface area contributed by atoms with Crippen molar-refractivity contribution in [3.8, 4) is 11.8 Å². The van der Waals surface area contributed by atoms with Crippen LogP contribution < -0.4 is 14.4 Å². The van der Waals surface area contributed by atoms with E-state index >= 15 is 0 Å². The van der Waals surface area contributed by atoms with Gasteiger partial charge in [-0.15, -0.1) is 0 Å².